The van der Waals surface area contributed by atoms with Crippen molar-refractivity contribution >= 4 is 37.8 Å². The Hall–Kier alpha value is -3.33. The molecule has 0 aromatic carbocycles. The Bertz CT molecular complexity index is 1290. The van der Waals surface area contributed by atoms with E-state index in [-0.39, 0.29) is 42.8 Å². The molecule has 2 aliphatic heterocycles. The first kappa shape index (κ1) is 45.8. The molecule has 4 atom stereocenters. The Morgan fingerprint density at radius 2 is 1.47 bits per heavy atom. The first-order valence-electron chi connectivity index (χ1n) is 19.3. The lowest BCUT2D eigenvalue weighted by Crippen LogP contribution is -2.64. The second kappa shape index (κ2) is 18.8. The summed E-state index contributed by atoms with van der Waals surface area (Å²) in [7, 11) is 1.76. The molecule has 2 rings (SSSR count). The van der Waals surface area contributed by atoms with E-state index in [1.807, 2.05) is 47.6 Å². The van der Waals surface area contributed by atoms with Gasteiger partial charge >= 0.3 is 12.2 Å². The number of nitrogens with zero attached hydrogens (tertiary/aromatic N) is 2. The number of likely N-dealkylation sites (tertiary alicyclic amines) is 1. The number of ether oxygens (including phenoxy) is 2. The van der Waals surface area contributed by atoms with Gasteiger partial charge in [0.25, 0.3) is 0 Å². The van der Waals surface area contributed by atoms with Gasteiger partial charge in [0.2, 0.25) is 17.7 Å². The zero-order chi connectivity index (χ0) is 40.5. The monoisotopic (exact) mass is 749 g/mol. The van der Waals surface area contributed by atoms with Crippen LogP contribution in [0.5, 0.6) is 0 Å². The minimum absolute atomic E-state index is 0.220. The number of amides is 5. The first-order chi connectivity index (χ1) is 24.2. The van der Waals surface area contributed by atoms with Crippen LogP contribution in [0.2, 0.25) is 5.82 Å². The number of nitrogens with one attached hydrogen (secondary N) is 4. The van der Waals surface area contributed by atoms with Gasteiger partial charge in [-0.25, -0.2) is 9.59 Å². The van der Waals surface area contributed by atoms with Crippen LogP contribution in [0.1, 0.15) is 128 Å². The molecule has 5 amide bonds. The van der Waals surface area contributed by atoms with Crippen LogP contribution in [0.25, 0.3) is 0 Å². The molecule has 0 bridgehead atoms. The first-order valence-corrected chi connectivity index (χ1v) is 19.3. The summed E-state index contributed by atoms with van der Waals surface area (Å²) in [6, 6.07) is -2.28. The summed E-state index contributed by atoms with van der Waals surface area (Å²) >= 11 is 0. The fourth-order valence-electron chi connectivity index (χ4n) is 7.12. The van der Waals surface area contributed by atoms with E-state index in [0.29, 0.717) is 45.1 Å². The van der Waals surface area contributed by atoms with E-state index < -0.39 is 58.3 Å². The van der Waals surface area contributed by atoms with Crippen molar-refractivity contribution in [2.75, 3.05) is 13.1 Å². The standard InChI is InChI=1S/C38H69BN6O8/c1-24(2)21-25(42-34(50)53-36(6,7)8)17-18-27(39)32(48)44-20-14-16-29(44)31(47)43-28(15-13-19-40-33(49)52-35(3,4)5)30(46)41-26-22-37(9,10)45(51)38(11,12)23-26/h17-18,24-29,51H,13-16,19-23,39H2,1-12H3,(H,40,49)(H,41,46)(H,42,50)(H,43,47)/b18-17+/t25-,27+,28+,29+/m1/s1. The predicted octanol–water partition coefficient (Wildman–Crippen LogP) is 4.21. The second-order valence-corrected chi connectivity index (χ2v) is 18.4. The van der Waals surface area contributed by atoms with Crippen LogP contribution in [-0.2, 0) is 23.9 Å². The minimum Gasteiger partial charge on any atom is -0.444 e. The lowest BCUT2D eigenvalue weighted by atomic mass is 9.79. The largest absolute Gasteiger partial charge is 0.444 e. The predicted molar refractivity (Wildman–Crippen MR) is 207 cm³/mol. The van der Waals surface area contributed by atoms with Gasteiger partial charge in [0.15, 0.2) is 0 Å². The summed E-state index contributed by atoms with van der Waals surface area (Å²) in [5, 5.41) is 23.7. The minimum atomic E-state index is -0.924. The topological polar surface area (TPSA) is 179 Å². The molecule has 0 aromatic rings. The van der Waals surface area contributed by atoms with E-state index >= 15 is 0 Å². The van der Waals surface area contributed by atoms with E-state index in [2.05, 4.69) is 21.3 Å². The number of piperidine rings is 1. The highest BCUT2D eigenvalue weighted by Gasteiger charge is 2.46. The van der Waals surface area contributed by atoms with Crippen LogP contribution >= 0.6 is 0 Å². The molecule has 15 heteroatoms. The van der Waals surface area contributed by atoms with Gasteiger partial charge in [-0.2, -0.15) is 5.06 Å². The van der Waals surface area contributed by atoms with Gasteiger partial charge in [0.1, 0.15) is 31.1 Å². The maximum atomic E-state index is 13.9. The van der Waals surface area contributed by atoms with Gasteiger partial charge in [-0.1, -0.05) is 26.0 Å². The summed E-state index contributed by atoms with van der Waals surface area (Å²) < 4.78 is 10.7. The fourth-order valence-corrected chi connectivity index (χ4v) is 7.12. The van der Waals surface area contributed by atoms with Crippen molar-refractivity contribution < 1.29 is 38.7 Å². The highest BCUT2D eigenvalue weighted by atomic mass is 16.6. The van der Waals surface area contributed by atoms with Crippen LogP contribution in [0.3, 0.4) is 0 Å². The van der Waals surface area contributed by atoms with Crippen molar-refractivity contribution in [2.24, 2.45) is 5.92 Å². The molecule has 0 unspecified atom stereocenters. The van der Waals surface area contributed by atoms with E-state index in [9.17, 15) is 29.2 Å². The van der Waals surface area contributed by atoms with Crippen LogP contribution < -0.4 is 21.3 Å². The van der Waals surface area contributed by atoms with Crippen molar-refractivity contribution in [1.29, 1.82) is 0 Å². The van der Waals surface area contributed by atoms with E-state index in [0.717, 1.165) is 0 Å². The normalized spacial score (nSPS) is 21.1. The second-order valence-electron chi connectivity index (χ2n) is 18.4. The molecule has 53 heavy (non-hydrogen) atoms. The van der Waals surface area contributed by atoms with Crippen molar-refractivity contribution in [1.82, 2.24) is 31.2 Å². The molecule has 2 saturated heterocycles. The van der Waals surface area contributed by atoms with Crippen LogP contribution in [0.4, 0.5) is 9.59 Å². The quantitative estimate of drug-likeness (QED) is 0.0989. The van der Waals surface area contributed by atoms with Gasteiger partial charge in [-0.3, -0.25) is 14.4 Å². The van der Waals surface area contributed by atoms with Crippen molar-refractivity contribution in [3.63, 3.8) is 0 Å². The number of rotatable bonds is 14. The van der Waals surface area contributed by atoms with E-state index in [1.165, 1.54) is 5.06 Å². The zero-order valence-electron chi connectivity index (χ0n) is 34.7. The zero-order valence-corrected chi connectivity index (χ0v) is 34.7. The van der Waals surface area contributed by atoms with Gasteiger partial charge in [0.05, 0.1) is 6.04 Å². The summed E-state index contributed by atoms with van der Waals surface area (Å²) in [4.78, 5) is 67.7. The number of carbonyl (C=O) groups is 5. The number of carbonyl (C=O) groups excluding carboxylic acids is 5. The van der Waals surface area contributed by atoms with Gasteiger partial charge in [0, 0.05) is 36.0 Å². The Labute approximate surface area is 318 Å². The SMILES string of the molecule is B[C@@H](/C=C/[C@H](CC(C)C)NC(=O)OC(C)(C)C)C(=O)N1CCC[C@H]1C(=O)N[C@@H](CCCNC(=O)OC(C)(C)C)C(=O)NC1CC(C)(C)N(O)C(C)(C)C1. The molecular formula is C38H69BN6O8. The Morgan fingerprint density at radius 1 is 0.906 bits per heavy atom. The molecule has 302 valence electrons. The molecule has 0 saturated carbocycles. The number of hydroxylamine groups is 2. The smallest absolute Gasteiger partial charge is 0.408 e. The van der Waals surface area contributed by atoms with Crippen molar-refractivity contribution in [3.05, 3.63) is 12.2 Å². The molecule has 2 aliphatic rings. The summed E-state index contributed by atoms with van der Waals surface area (Å²) in [6.45, 7) is 23.1. The third-order valence-corrected chi connectivity index (χ3v) is 9.24. The van der Waals surface area contributed by atoms with E-state index in [4.69, 9.17) is 9.47 Å². The molecule has 0 spiro atoms. The van der Waals surface area contributed by atoms with E-state index in [1.54, 1.807) is 60.4 Å². The van der Waals surface area contributed by atoms with Crippen LogP contribution in [0, 0.1) is 5.92 Å². The average Bonchev–Trinajstić information content (AvgIpc) is 3.47. The Kier molecular flexibility index (Phi) is 16.3. The van der Waals surface area contributed by atoms with Gasteiger partial charge < -0.3 is 40.8 Å². The molecule has 0 aliphatic carbocycles. The molecule has 5 N–H and O–H groups in total. The lowest BCUT2D eigenvalue weighted by Gasteiger charge is -2.51. The maximum absolute atomic E-state index is 13.9. The Morgan fingerprint density at radius 3 is 2.02 bits per heavy atom. The van der Waals surface area contributed by atoms with Crippen LogP contribution in [-0.4, -0.2) is 112 Å². The molecule has 2 heterocycles. The highest BCUT2D eigenvalue weighted by Crippen LogP contribution is 2.36. The summed E-state index contributed by atoms with van der Waals surface area (Å²) in [5.74, 6) is -1.29. The highest BCUT2D eigenvalue weighted by molar-refractivity contribution is 6.25. The van der Waals surface area contributed by atoms with Crippen molar-refractivity contribution in [2.45, 2.75) is 180 Å². The summed E-state index contributed by atoms with van der Waals surface area (Å²) in [5.41, 5.74) is -2.48. The molecular weight excluding hydrogens is 679 g/mol. The number of alkyl carbamates (subject to hydrolysis) is 2. The molecule has 0 radical (unpaired) electrons. The number of hydrogen-bond donors (Lipinski definition) is 5. The lowest BCUT2D eigenvalue weighted by molar-refractivity contribution is -0.246. The van der Waals surface area contributed by atoms with Gasteiger partial charge in [-0.15, -0.1) is 0 Å². The molecule has 0 aromatic heterocycles. The maximum Gasteiger partial charge on any atom is 0.408 e. The average molecular weight is 749 g/mol. The molecule has 2 fully saturated rings. The molecule has 14 nitrogen and oxygen atoms in total. The third-order valence-electron chi connectivity index (χ3n) is 9.24. The third kappa shape index (κ3) is 15.5. The Balaban J connectivity index is 2.18. The van der Waals surface area contributed by atoms with Crippen LogP contribution in [0.15, 0.2) is 12.2 Å². The summed E-state index contributed by atoms with van der Waals surface area (Å²) in [6.07, 6.45) is 5.83. The van der Waals surface area contributed by atoms with Crippen molar-refractivity contribution in [3.8, 4) is 0 Å². The fraction of sp³-hybridized carbons (Fsp3) is 0.816. The van der Waals surface area contributed by atoms with Gasteiger partial charge in [-0.05, 0) is 120 Å². The number of hydrogen-bond acceptors (Lipinski definition) is 9.